The van der Waals surface area contributed by atoms with Crippen molar-refractivity contribution in [2.45, 2.75) is 30.6 Å². The van der Waals surface area contributed by atoms with Gasteiger partial charge in [-0.05, 0) is 24.0 Å². The largest absolute Gasteiger partial charge is 0.386 e. The number of nitrogens with zero attached hydrogens (tertiary/aromatic N) is 1. The maximum Gasteiger partial charge on any atom is 0.366 e. The normalized spacial score (nSPS) is 18.8. The fourth-order valence-electron chi connectivity index (χ4n) is 3.43. The van der Waals surface area contributed by atoms with Crippen LogP contribution in [0.1, 0.15) is 35.6 Å². The summed E-state index contributed by atoms with van der Waals surface area (Å²) < 4.78 is 5.57. The lowest BCUT2D eigenvalue weighted by atomic mass is 9.92. The number of fused-ring (bicyclic) bond motifs is 1. The average Bonchev–Trinajstić information content (AvgIpc) is 2.68. The van der Waals surface area contributed by atoms with Crippen LogP contribution in [0.25, 0.3) is 0 Å². The van der Waals surface area contributed by atoms with Crippen molar-refractivity contribution in [3.05, 3.63) is 83.6 Å². The van der Waals surface area contributed by atoms with Crippen molar-refractivity contribution in [1.82, 2.24) is 4.90 Å². The van der Waals surface area contributed by atoms with Gasteiger partial charge in [0.05, 0.1) is 17.3 Å². The van der Waals surface area contributed by atoms with Gasteiger partial charge in [0.1, 0.15) is 5.70 Å². The van der Waals surface area contributed by atoms with Gasteiger partial charge in [0.2, 0.25) is 5.91 Å². The molecule has 4 nitrogen and oxygen atoms in total. The van der Waals surface area contributed by atoms with Crippen LogP contribution >= 0.6 is 12.0 Å². The molecule has 132 valence electrons. The van der Waals surface area contributed by atoms with Gasteiger partial charge in [0.25, 0.3) is 0 Å². The van der Waals surface area contributed by atoms with Gasteiger partial charge in [-0.3, -0.25) is 4.79 Å². The number of β-lactam (4-membered cyclic amide) rings is 1. The predicted octanol–water partition coefficient (Wildman–Crippen LogP) is 4.25. The molecule has 26 heavy (non-hydrogen) atoms. The molecule has 1 saturated heterocycles. The van der Waals surface area contributed by atoms with Gasteiger partial charge in [-0.25, -0.2) is 4.79 Å². The van der Waals surface area contributed by atoms with Crippen LogP contribution in [0.5, 0.6) is 0 Å². The second-order valence-electron chi connectivity index (χ2n) is 6.46. The topological polar surface area (TPSA) is 46.6 Å². The Labute approximate surface area is 157 Å². The molecule has 1 atom stereocenters. The minimum absolute atomic E-state index is 0.00516. The quantitative estimate of drug-likeness (QED) is 0.587. The molecule has 0 spiro atoms. The number of hydrogen-bond acceptors (Lipinski definition) is 4. The maximum atomic E-state index is 12.6. The highest BCUT2D eigenvalue weighted by Gasteiger charge is 2.42. The van der Waals surface area contributed by atoms with Crippen molar-refractivity contribution < 1.29 is 13.8 Å². The SMILES string of the molecule is O=C(OSC(c1ccccc1)c1ccccc1)C1=CCCC2CC(=O)N12. The van der Waals surface area contributed by atoms with Crippen LogP contribution in [0.15, 0.2) is 72.4 Å². The van der Waals surface area contributed by atoms with E-state index in [1.807, 2.05) is 66.7 Å². The van der Waals surface area contributed by atoms with Crippen molar-refractivity contribution in [3.63, 3.8) is 0 Å². The molecule has 0 saturated carbocycles. The Bertz CT molecular complexity index is 795. The minimum Gasteiger partial charge on any atom is -0.386 e. The molecule has 0 aromatic heterocycles. The molecule has 1 amide bonds. The number of carbonyl (C=O) groups is 2. The Hall–Kier alpha value is -2.53. The summed E-state index contributed by atoms with van der Waals surface area (Å²) in [5.74, 6) is -0.435. The van der Waals surface area contributed by atoms with Gasteiger partial charge in [-0.2, -0.15) is 0 Å². The van der Waals surface area contributed by atoms with E-state index in [1.165, 1.54) is 0 Å². The Kier molecular flexibility index (Phi) is 4.80. The smallest absolute Gasteiger partial charge is 0.366 e. The third kappa shape index (κ3) is 3.27. The van der Waals surface area contributed by atoms with E-state index in [9.17, 15) is 9.59 Å². The van der Waals surface area contributed by atoms with Gasteiger partial charge >= 0.3 is 5.97 Å². The van der Waals surface area contributed by atoms with E-state index in [0.29, 0.717) is 12.1 Å². The number of rotatable bonds is 5. The highest BCUT2D eigenvalue weighted by Crippen LogP contribution is 2.38. The molecule has 2 aliphatic rings. The lowest BCUT2D eigenvalue weighted by Crippen LogP contribution is -2.54. The molecule has 2 aromatic carbocycles. The third-order valence-corrected chi connectivity index (χ3v) is 5.76. The van der Waals surface area contributed by atoms with Crippen molar-refractivity contribution in [2.24, 2.45) is 0 Å². The van der Waals surface area contributed by atoms with E-state index in [1.54, 1.807) is 4.90 Å². The highest BCUT2D eigenvalue weighted by molar-refractivity contribution is 7.95. The summed E-state index contributed by atoms with van der Waals surface area (Å²) in [7, 11) is 0. The predicted molar refractivity (Wildman–Crippen MR) is 101 cm³/mol. The Morgan fingerprint density at radius 3 is 2.23 bits per heavy atom. The number of allylic oxidation sites excluding steroid dienone is 1. The van der Waals surface area contributed by atoms with E-state index < -0.39 is 5.97 Å². The molecular formula is C21H19NO3S. The van der Waals surface area contributed by atoms with Crippen LogP contribution in [0.2, 0.25) is 0 Å². The fourth-order valence-corrected chi connectivity index (χ4v) is 4.24. The zero-order valence-corrected chi connectivity index (χ0v) is 15.0. The number of hydrogen-bond donors (Lipinski definition) is 0. The standard InChI is InChI=1S/C21H19NO3S/c23-19-14-17-12-7-13-18(22(17)19)21(24)25-26-20(15-8-3-1-4-9-15)16-10-5-2-6-11-16/h1-6,8-11,13,17,20H,7,12,14H2. The summed E-state index contributed by atoms with van der Waals surface area (Å²) in [6, 6.07) is 20.1. The third-order valence-electron chi connectivity index (χ3n) is 4.78. The zero-order valence-electron chi connectivity index (χ0n) is 14.2. The van der Waals surface area contributed by atoms with E-state index in [2.05, 4.69) is 0 Å². The molecule has 1 unspecified atom stereocenters. The van der Waals surface area contributed by atoms with Crippen molar-refractivity contribution in [3.8, 4) is 0 Å². The molecule has 5 heteroatoms. The van der Waals surface area contributed by atoms with Gasteiger partial charge in [-0.1, -0.05) is 66.7 Å². The van der Waals surface area contributed by atoms with Crippen LogP contribution in [-0.2, 0) is 13.8 Å². The molecule has 1 fully saturated rings. The number of benzene rings is 2. The van der Waals surface area contributed by atoms with E-state index in [-0.39, 0.29) is 17.2 Å². The molecular weight excluding hydrogens is 346 g/mol. The summed E-state index contributed by atoms with van der Waals surface area (Å²) in [6.07, 6.45) is 4.08. The Morgan fingerprint density at radius 1 is 1.04 bits per heavy atom. The van der Waals surface area contributed by atoms with Crippen LogP contribution in [0.4, 0.5) is 0 Å². The van der Waals surface area contributed by atoms with Crippen LogP contribution in [0.3, 0.4) is 0 Å². The molecule has 2 aromatic rings. The lowest BCUT2D eigenvalue weighted by molar-refractivity contribution is -0.148. The molecule has 0 N–H and O–H groups in total. The molecule has 2 aliphatic heterocycles. The number of amides is 1. The first kappa shape index (κ1) is 16.9. The molecule has 2 heterocycles. The highest BCUT2D eigenvalue weighted by atomic mass is 32.2. The molecule has 0 radical (unpaired) electrons. The number of carbonyl (C=O) groups excluding carboxylic acids is 2. The van der Waals surface area contributed by atoms with Crippen LogP contribution in [0, 0.1) is 0 Å². The Morgan fingerprint density at radius 2 is 1.65 bits per heavy atom. The second-order valence-corrected chi connectivity index (χ2v) is 7.29. The van der Waals surface area contributed by atoms with Gasteiger partial charge in [0.15, 0.2) is 0 Å². The van der Waals surface area contributed by atoms with Crippen molar-refractivity contribution in [1.29, 1.82) is 0 Å². The average molecular weight is 365 g/mol. The summed E-state index contributed by atoms with van der Waals surface area (Å²) in [5.41, 5.74) is 2.52. The minimum atomic E-state index is -0.440. The Balaban J connectivity index is 1.51. The summed E-state index contributed by atoms with van der Waals surface area (Å²) in [6.45, 7) is 0. The van der Waals surface area contributed by atoms with E-state index >= 15 is 0 Å². The van der Waals surface area contributed by atoms with Gasteiger partial charge in [-0.15, -0.1) is 0 Å². The molecule has 4 rings (SSSR count). The molecule has 0 aliphatic carbocycles. The van der Waals surface area contributed by atoms with Crippen LogP contribution < -0.4 is 0 Å². The van der Waals surface area contributed by atoms with Gasteiger partial charge in [0, 0.05) is 12.5 Å². The molecule has 0 bridgehead atoms. The summed E-state index contributed by atoms with van der Waals surface area (Å²) >= 11 is 1.13. The second kappa shape index (κ2) is 7.38. The van der Waals surface area contributed by atoms with Crippen molar-refractivity contribution >= 4 is 23.9 Å². The van der Waals surface area contributed by atoms with E-state index in [0.717, 1.165) is 36.0 Å². The first-order chi connectivity index (χ1) is 12.7. The first-order valence-corrected chi connectivity index (χ1v) is 9.54. The fraction of sp³-hybridized carbons (Fsp3) is 0.238. The lowest BCUT2D eigenvalue weighted by Gasteiger charge is -2.43. The monoisotopic (exact) mass is 365 g/mol. The van der Waals surface area contributed by atoms with Gasteiger partial charge < -0.3 is 9.08 Å². The maximum absolute atomic E-state index is 12.6. The van der Waals surface area contributed by atoms with E-state index in [4.69, 9.17) is 4.18 Å². The summed E-state index contributed by atoms with van der Waals surface area (Å²) in [4.78, 5) is 26.0. The summed E-state index contributed by atoms with van der Waals surface area (Å²) in [5, 5.41) is -0.117. The zero-order chi connectivity index (χ0) is 17.9. The van der Waals surface area contributed by atoms with Crippen LogP contribution in [-0.4, -0.2) is 22.8 Å². The van der Waals surface area contributed by atoms with Crippen molar-refractivity contribution in [2.75, 3.05) is 0 Å². The first-order valence-electron chi connectivity index (χ1n) is 8.74.